The van der Waals surface area contributed by atoms with Gasteiger partial charge in [0.2, 0.25) is 11.8 Å². The molecule has 0 bridgehead atoms. The summed E-state index contributed by atoms with van der Waals surface area (Å²) < 4.78 is 5.57. The van der Waals surface area contributed by atoms with Crippen molar-refractivity contribution in [1.82, 2.24) is 15.5 Å². The van der Waals surface area contributed by atoms with Crippen molar-refractivity contribution in [3.63, 3.8) is 0 Å². The highest BCUT2D eigenvalue weighted by molar-refractivity contribution is 5.82. The van der Waals surface area contributed by atoms with Crippen molar-refractivity contribution < 1.29 is 14.3 Å². The Balaban J connectivity index is 1.82. The monoisotopic (exact) mass is 269 g/mol. The van der Waals surface area contributed by atoms with Crippen molar-refractivity contribution in [3.05, 3.63) is 0 Å². The van der Waals surface area contributed by atoms with E-state index >= 15 is 0 Å². The summed E-state index contributed by atoms with van der Waals surface area (Å²) in [7, 11) is 0. The normalized spacial score (nSPS) is 27.9. The highest BCUT2D eigenvalue weighted by atomic mass is 16.5. The summed E-state index contributed by atoms with van der Waals surface area (Å²) in [5.74, 6) is 0.108. The number of rotatable bonds is 3. The quantitative estimate of drug-likeness (QED) is 0.724. The Morgan fingerprint density at radius 2 is 2.26 bits per heavy atom. The second-order valence-corrected chi connectivity index (χ2v) is 5.22. The number of ether oxygens (including phenoxy) is 1. The molecular weight excluding hydrogens is 246 g/mol. The van der Waals surface area contributed by atoms with Gasteiger partial charge in [-0.25, -0.2) is 0 Å². The van der Waals surface area contributed by atoms with Crippen LogP contribution in [-0.2, 0) is 14.3 Å². The van der Waals surface area contributed by atoms with Crippen LogP contribution in [0.25, 0.3) is 0 Å². The fourth-order valence-electron chi connectivity index (χ4n) is 2.58. The maximum absolute atomic E-state index is 12.4. The van der Waals surface area contributed by atoms with E-state index in [1.807, 2.05) is 4.90 Å². The zero-order valence-electron chi connectivity index (χ0n) is 11.5. The lowest BCUT2D eigenvalue weighted by atomic mass is 10.0. The van der Waals surface area contributed by atoms with E-state index < -0.39 is 0 Å². The van der Waals surface area contributed by atoms with Gasteiger partial charge in [0.1, 0.15) is 0 Å². The second kappa shape index (κ2) is 6.86. The lowest BCUT2D eigenvalue weighted by molar-refractivity contribution is -0.141. The van der Waals surface area contributed by atoms with Gasteiger partial charge in [-0.2, -0.15) is 0 Å². The SMILES string of the molecule is CC(=O)NC[C@H]1CN(C(=O)[C@@H]2CCCCN2)CCO1. The second-order valence-electron chi connectivity index (χ2n) is 5.22. The van der Waals surface area contributed by atoms with Crippen LogP contribution in [-0.4, -0.2) is 61.6 Å². The van der Waals surface area contributed by atoms with Gasteiger partial charge >= 0.3 is 0 Å². The van der Waals surface area contributed by atoms with Gasteiger partial charge in [-0.05, 0) is 19.4 Å². The minimum Gasteiger partial charge on any atom is -0.373 e. The third-order valence-electron chi connectivity index (χ3n) is 3.64. The van der Waals surface area contributed by atoms with Crippen molar-refractivity contribution in [3.8, 4) is 0 Å². The molecule has 2 atom stereocenters. The Bertz CT molecular complexity index is 329. The molecule has 2 rings (SSSR count). The lowest BCUT2D eigenvalue weighted by Gasteiger charge is -2.36. The average molecular weight is 269 g/mol. The molecule has 19 heavy (non-hydrogen) atoms. The summed E-state index contributed by atoms with van der Waals surface area (Å²) in [6.45, 7) is 4.64. The number of piperidine rings is 1. The molecule has 6 heteroatoms. The molecule has 2 heterocycles. The van der Waals surface area contributed by atoms with Crippen LogP contribution in [0.5, 0.6) is 0 Å². The number of nitrogens with zero attached hydrogens (tertiary/aromatic N) is 1. The van der Waals surface area contributed by atoms with E-state index in [0.717, 1.165) is 25.8 Å². The first kappa shape index (κ1) is 14.3. The Morgan fingerprint density at radius 3 is 2.95 bits per heavy atom. The summed E-state index contributed by atoms with van der Waals surface area (Å²) in [6, 6.07) is -0.0340. The molecule has 0 saturated carbocycles. The number of morpholine rings is 1. The molecule has 2 amide bonds. The van der Waals surface area contributed by atoms with Gasteiger partial charge in [-0.15, -0.1) is 0 Å². The van der Waals surface area contributed by atoms with Crippen molar-refractivity contribution in [2.75, 3.05) is 32.8 Å². The zero-order chi connectivity index (χ0) is 13.7. The van der Waals surface area contributed by atoms with Crippen LogP contribution in [0.15, 0.2) is 0 Å². The van der Waals surface area contributed by atoms with Crippen LogP contribution >= 0.6 is 0 Å². The fourth-order valence-corrected chi connectivity index (χ4v) is 2.58. The van der Waals surface area contributed by atoms with E-state index in [1.54, 1.807) is 0 Å². The lowest BCUT2D eigenvalue weighted by Crippen LogP contribution is -2.55. The van der Waals surface area contributed by atoms with E-state index in [9.17, 15) is 9.59 Å². The standard InChI is InChI=1S/C13H23N3O3/c1-10(17)15-8-11-9-16(6-7-19-11)13(18)12-4-2-3-5-14-12/h11-12,14H,2-9H2,1H3,(H,15,17)/t11-,12-/m0/s1. The first-order chi connectivity index (χ1) is 9.16. The number of carbonyl (C=O) groups is 2. The minimum atomic E-state index is -0.0924. The molecule has 2 fully saturated rings. The van der Waals surface area contributed by atoms with Gasteiger partial charge in [0, 0.05) is 26.6 Å². The molecule has 0 spiro atoms. The van der Waals surface area contributed by atoms with Crippen LogP contribution in [0.1, 0.15) is 26.2 Å². The minimum absolute atomic E-state index is 0.0340. The van der Waals surface area contributed by atoms with Crippen LogP contribution in [0, 0.1) is 0 Å². The molecule has 2 saturated heterocycles. The number of hydrogen-bond acceptors (Lipinski definition) is 4. The van der Waals surface area contributed by atoms with E-state index in [-0.39, 0.29) is 24.0 Å². The Hall–Kier alpha value is -1.14. The molecule has 0 unspecified atom stereocenters. The van der Waals surface area contributed by atoms with Gasteiger partial charge in [0.25, 0.3) is 0 Å². The van der Waals surface area contributed by atoms with Crippen molar-refractivity contribution >= 4 is 11.8 Å². The summed E-state index contributed by atoms with van der Waals surface area (Å²) in [5.41, 5.74) is 0. The van der Waals surface area contributed by atoms with Crippen molar-refractivity contribution in [2.45, 2.75) is 38.3 Å². The van der Waals surface area contributed by atoms with E-state index in [2.05, 4.69) is 10.6 Å². The summed E-state index contributed by atoms with van der Waals surface area (Å²) in [6.07, 6.45) is 3.10. The largest absolute Gasteiger partial charge is 0.373 e. The Kier molecular flexibility index (Phi) is 5.15. The first-order valence-electron chi connectivity index (χ1n) is 7.05. The van der Waals surface area contributed by atoms with Gasteiger partial charge in [0.15, 0.2) is 0 Å². The smallest absolute Gasteiger partial charge is 0.239 e. The predicted molar refractivity (Wildman–Crippen MR) is 70.6 cm³/mol. The van der Waals surface area contributed by atoms with Crippen LogP contribution in [0.3, 0.4) is 0 Å². The van der Waals surface area contributed by atoms with Gasteiger partial charge in [-0.3, -0.25) is 9.59 Å². The van der Waals surface area contributed by atoms with Gasteiger partial charge < -0.3 is 20.3 Å². The summed E-state index contributed by atoms with van der Waals surface area (Å²) in [5, 5.41) is 6.02. The highest BCUT2D eigenvalue weighted by Gasteiger charge is 2.29. The molecule has 0 aromatic rings. The Labute approximate surface area is 113 Å². The number of hydrogen-bond donors (Lipinski definition) is 2. The van der Waals surface area contributed by atoms with Gasteiger partial charge in [0.05, 0.1) is 18.8 Å². The van der Waals surface area contributed by atoms with E-state index in [0.29, 0.717) is 26.2 Å². The van der Waals surface area contributed by atoms with Crippen LogP contribution < -0.4 is 10.6 Å². The molecule has 0 aliphatic carbocycles. The molecule has 108 valence electrons. The fraction of sp³-hybridized carbons (Fsp3) is 0.846. The molecular formula is C13H23N3O3. The third-order valence-corrected chi connectivity index (χ3v) is 3.64. The zero-order valence-corrected chi connectivity index (χ0v) is 11.5. The number of nitrogens with one attached hydrogen (secondary N) is 2. The van der Waals surface area contributed by atoms with Crippen LogP contribution in [0.4, 0.5) is 0 Å². The number of carbonyl (C=O) groups excluding carboxylic acids is 2. The molecule has 2 aliphatic heterocycles. The van der Waals surface area contributed by atoms with E-state index in [1.165, 1.54) is 6.92 Å². The van der Waals surface area contributed by atoms with Crippen molar-refractivity contribution in [1.29, 1.82) is 0 Å². The topological polar surface area (TPSA) is 70.7 Å². The average Bonchev–Trinajstić information content (AvgIpc) is 2.45. The van der Waals surface area contributed by atoms with E-state index in [4.69, 9.17) is 4.74 Å². The molecule has 0 aromatic carbocycles. The van der Waals surface area contributed by atoms with Crippen LogP contribution in [0.2, 0.25) is 0 Å². The van der Waals surface area contributed by atoms with Gasteiger partial charge in [-0.1, -0.05) is 6.42 Å². The predicted octanol–water partition coefficient (Wildman–Crippen LogP) is -0.508. The molecule has 0 aromatic heterocycles. The highest BCUT2D eigenvalue weighted by Crippen LogP contribution is 2.12. The Morgan fingerprint density at radius 1 is 1.42 bits per heavy atom. The summed E-state index contributed by atoms with van der Waals surface area (Å²) in [4.78, 5) is 25.1. The summed E-state index contributed by atoms with van der Waals surface area (Å²) >= 11 is 0. The first-order valence-corrected chi connectivity index (χ1v) is 7.05. The molecule has 2 N–H and O–H groups in total. The molecule has 6 nitrogen and oxygen atoms in total. The molecule has 2 aliphatic rings. The maximum atomic E-state index is 12.4. The number of amides is 2. The van der Waals surface area contributed by atoms with Crippen molar-refractivity contribution in [2.24, 2.45) is 0 Å². The molecule has 0 radical (unpaired) electrons. The maximum Gasteiger partial charge on any atom is 0.239 e. The third kappa shape index (κ3) is 4.18.